The maximum atomic E-state index is 3.79. The van der Waals surface area contributed by atoms with Crippen molar-refractivity contribution in [2.24, 2.45) is 0 Å². The van der Waals surface area contributed by atoms with Crippen LogP contribution in [0.15, 0.2) is 48.5 Å². The summed E-state index contributed by atoms with van der Waals surface area (Å²) in [7, 11) is 0. The molecule has 98 valence electrons. The van der Waals surface area contributed by atoms with Gasteiger partial charge in [0, 0.05) is 12.1 Å². The molecule has 0 spiro atoms. The smallest absolute Gasteiger partial charge is 0.0331 e. The zero-order valence-electron chi connectivity index (χ0n) is 11.7. The summed E-state index contributed by atoms with van der Waals surface area (Å²) in [6.45, 7) is 4.46. The lowest BCUT2D eigenvalue weighted by Gasteiger charge is -2.22. The van der Waals surface area contributed by atoms with Crippen molar-refractivity contribution >= 4 is 0 Å². The van der Waals surface area contributed by atoms with E-state index in [-0.39, 0.29) is 0 Å². The van der Waals surface area contributed by atoms with E-state index in [0.29, 0.717) is 12.1 Å². The normalized spacial score (nSPS) is 19.2. The molecule has 0 heterocycles. The molecule has 0 radical (unpaired) electrons. The molecule has 0 aliphatic heterocycles. The van der Waals surface area contributed by atoms with E-state index in [0.717, 1.165) is 0 Å². The van der Waals surface area contributed by atoms with Gasteiger partial charge in [0.15, 0.2) is 0 Å². The molecule has 1 nitrogen and oxygen atoms in total. The van der Waals surface area contributed by atoms with Crippen molar-refractivity contribution in [3.05, 3.63) is 70.8 Å². The summed E-state index contributed by atoms with van der Waals surface area (Å²) in [5.74, 6) is 0. The maximum absolute atomic E-state index is 3.79. The minimum Gasteiger partial charge on any atom is -0.303 e. The van der Waals surface area contributed by atoms with Crippen LogP contribution in [0.5, 0.6) is 0 Å². The van der Waals surface area contributed by atoms with Gasteiger partial charge in [-0.1, -0.05) is 48.5 Å². The fourth-order valence-corrected chi connectivity index (χ4v) is 3.19. The fourth-order valence-electron chi connectivity index (χ4n) is 3.19. The number of benzene rings is 2. The fraction of sp³-hybridized carbons (Fsp3) is 0.333. The highest BCUT2D eigenvalue weighted by Gasteiger charge is 2.23. The van der Waals surface area contributed by atoms with Gasteiger partial charge in [-0.2, -0.15) is 0 Å². The summed E-state index contributed by atoms with van der Waals surface area (Å²) in [4.78, 5) is 0. The Balaban J connectivity index is 1.78. The molecule has 0 fully saturated rings. The Morgan fingerprint density at radius 1 is 1.05 bits per heavy atom. The van der Waals surface area contributed by atoms with Crippen LogP contribution >= 0.6 is 0 Å². The topological polar surface area (TPSA) is 12.0 Å². The monoisotopic (exact) mass is 251 g/mol. The van der Waals surface area contributed by atoms with Crippen molar-refractivity contribution in [1.82, 2.24) is 5.32 Å². The number of nitrogens with one attached hydrogen (secondary N) is 1. The second-order valence-corrected chi connectivity index (χ2v) is 5.54. The highest BCUT2D eigenvalue weighted by atomic mass is 14.9. The lowest BCUT2D eigenvalue weighted by Crippen LogP contribution is -2.23. The second-order valence-electron chi connectivity index (χ2n) is 5.54. The van der Waals surface area contributed by atoms with E-state index in [9.17, 15) is 0 Å². The molecule has 0 saturated heterocycles. The van der Waals surface area contributed by atoms with Gasteiger partial charge < -0.3 is 5.32 Å². The molecule has 2 aromatic rings. The Morgan fingerprint density at radius 2 is 1.79 bits per heavy atom. The third-order valence-electron chi connectivity index (χ3n) is 4.24. The van der Waals surface area contributed by atoms with Gasteiger partial charge in [-0.15, -0.1) is 0 Å². The molecular formula is C18H21N. The quantitative estimate of drug-likeness (QED) is 0.856. The summed E-state index contributed by atoms with van der Waals surface area (Å²) in [6, 6.07) is 18.4. The van der Waals surface area contributed by atoms with E-state index in [1.165, 1.54) is 35.1 Å². The van der Waals surface area contributed by atoms with Crippen LogP contribution in [-0.4, -0.2) is 0 Å². The first-order chi connectivity index (χ1) is 9.25. The number of aryl methyl sites for hydroxylation is 2. The molecule has 0 saturated carbocycles. The Kier molecular flexibility index (Phi) is 3.39. The van der Waals surface area contributed by atoms with Crippen molar-refractivity contribution in [3.8, 4) is 0 Å². The van der Waals surface area contributed by atoms with E-state index < -0.39 is 0 Å². The number of rotatable bonds is 3. The lowest BCUT2D eigenvalue weighted by atomic mass is 10.0. The molecule has 1 aliphatic rings. The van der Waals surface area contributed by atoms with Crippen LogP contribution in [0.3, 0.4) is 0 Å². The lowest BCUT2D eigenvalue weighted by molar-refractivity contribution is 0.464. The van der Waals surface area contributed by atoms with Gasteiger partial charge >= 0.3 is 0 Å². The summed E-state index contributed by atoms with van der Waals surface area (Å²) in [6.07, 6.45) is 2.42. The third-order valence-corrected chi connectivity index (χ3v) is 4.24. The summed E-state index contributed by atoms with van der Waals surface area (Å²) >= 11 is 0. The summed E-state index contributed by atoms with van der Waals surface area (Å²) in [5, 5.41) is 3.79. The first-order valence-corrected chi connectivity index (χ1v) is 7.15. The van der Waals surface area contributed by atoms with E-state index in [1.807, 2.05) is 0 Å². The third kappa shape index (κ3) is 2.43. The Labute approximate surface area is 115 Å². The predicted molar refractivity (Wildman–Crippen MR) is 80.2 cm³/mol. The van der Waals surface area contributed by atoms with Crippen molar-refractivity contribution in [3.63, 3.8) is 0 Å². The van der Waals surface area contributed by atoms with Crippen LogP contribution in [0.25, 0.3) is 0 Å². The van der Waals surface area contributed by atoms with Crippen molar-refractivity contribution in [2.75, 3.05) is 0 Å². The van der Waals surface area contributed by atoms with E-state index >= 15 is 0 Å². The minimum absolute atomic E-state index is 0.400. The molecule has 2 aromatic carbocycles. The number of hydrogen-bond acceptors (Lipinski definition) is 1. The molecule has 3 rings (SSSR count). The number of hydrogen-bond donors (Lipinski definition) is 1. The van der Waals surface area contributed by atoms with Gasteiger partial charge in [0.1, 0.15) is 0 Å². The molecule has 1 unspecified atom stereocenters. The van der Waals surface area contributed by atoms with Gasteiger partial charge in [0.05, 0.1) is 0 Å². The van der Waals surface area contributed by atoms with Crippen molar-refractivity contribution in [2.45, 2.75) is 38.8 Å². The molecule has 1 heteroatoms. The molecule has 0 aromatic heterocycles. The second kappa shape index (κ2) is 5.18. The predicted octanol–water partition coefficient (Wildman–Crippen LogP) is 4.33. The van der Waals surface area contributed by atoms with Gasteiger partial charge in [-0.3, -0.25) is 0 Å². The van der Waals surface area contributed by atoms with Crippen molar-refractivity contribution < 1.29 is 0 Å². The average Bonchev–Trinajstić information content (AvgIpc) is 2.83. The standard InChI is InChI=1S/C18H21N/c1-13-7-3-5-9-16(13)14(2)19-18-12-11-15-8-4-6-10-17(15)18/h3-10,14,18-19H,11-12H2,1-2H3/t14-,18?/m1/s1. The molecule has 1 aliphatic carbocycles. The average molecular weight is 251 g/mol. The van der Waals surface area contributed by atoms with Gasteiger partial charge in [-0.25, -0.2) is 0 Å². The van der Waals surface area contributed by atoms with E-state index in [1.54, 1.807) is 0 Å². The largest absolute Gasteiger partial charge is 0.303 e. The Bertz CT molecular complexity index is 573. The first-order valence-electron chi connectivity index (χ1n) is 7.15. The Morgan fingerprint density at radius 3 is 2.63 bits per heavy atom. The molecule has 0 amide bonds. The van der Waals surface area contributed by atoms with Crippen LogP contribution < -0.4 is 5.32 Å². The maximum Gasteiger partial charge on any atom is 0.0331 e. The molecule has 2 atom stereocenters. The van der Waals surface area contributed by atoms with Crippen LogP contribution in [0.4, 0.5) is 0 Å². The zero-order chi connectivity index (χ0) is 13.2. The summed E-state index contributed by atoms with van der Waals surface area (Å²) < 4.78 is 0. The van der Waals surface area contributed by atoms with Crippen LogP contribution in [0.1, 0.15) is 47.7 Å². The first kappa shape index (κ1) is 12.4. The molecule has 0 bridgehead atoms. The Hall–Kier alpha value is -1.60. The molecular weight excluding hydrogens is 230 g/mol. The minimum atomic E-state index is 0.400. The zero-order valence-corrected chi connectivity index (χ0v) is 11.7. The molecule has 1 N–H and O–H groups in total. The van der Waals surface area contributed by atoms with Gasteiger partial charge in [0.25, 0.3) is 0 Å². The SMILES string of the molecule is Cc1ccccc1[C@@H](C)NC1CCc2ccccc21. The molecule has 19 heavy (non-hydrogen) atoms. The van der Waals surface area contributed by atoms with Crippen LogP contribution in [-0.2, 0) is 6.42 Å². The highest BCUT2D eigenvalue weighted by molar-refractivity contribution is 5.35. The van der Waals surface area contributed by atoms with Gasteiger partial charge in [-0.05, 0) is 48.9 Å². The number of fused-ring (bicyclic) bond motifs is 1. The van der Waals surface area contributed by atoms with Gasteiger partial charge in [0.2, 0.25) is 0 Å². The van der Waals surface area contributed by atoms with Crippen LogP contribution in [0.2, 0.25) is 0 Å². The summed E-state index contributed by atoms with van der Waals surface area (Å²) in [5.41, 5.74) is 5.78. The van der Waals surface area contributed by atoms with E-state index in [4.69, 9.17) is 0 Å². The van der Waals surface area contributed by atoms with E-state index in [2.05, 4.69) is 67.7 Å². The highest BCUT2D eigenvalue weighted by Crippen LogP contribution is 2.33. The van der Waals surface area contributed by atoms with Crippen LogP contribution in [0, 0.1) is 6.92 Å². The van der Waals surface area contributed by atoms with Crippen molar-refractivity contribution in [1.29, 1.82) is 0 Å².